The Morgan fingerprint density at radius 3 is 2.25 bits per heavy atom. The topological polar surface area (TPSA) is 68.8 Å². The lowest BCUT2D eigenvalue weighted by atomic mass is 9.92. The van der Waals surface area contributed by atoms with E-state index in [2.05, 4.69) is 32.8 Å². The first-order chi connectivity index (χ1) is 12.9. The summed E-state index contributed by atoms with van der Waals surface area (Å²) in [6, 6.07) is 1.32. The summed E-state index contributed by atoms with van der Waals surface area (Å²) in [5, 5.41) is 9.89. The van der Waals surface area contributed by atoms with Crippen molar-refractivity contribution in [1.29, 1.82) is 0 Å². The summed E-state index contributed by atoms with van der Waals surface area (Å²) >= 11 is 0. The normalized spacial score (nSPS) is 20.4. The van der Waals surface area contributed by atoms with Crippen LogP contribution in [0.15, 0.2) is 4.99 Å². The highest BCUT2D eigenvalue weighted by molar-refractivity contribution is 14.0. The Labute approximate surface area is 189 Å². The molecular weight excluding hydrogens is 465 g/mol. The summed E-state index contributed by atoms with van der Waals surface area (Å²) < 4.78 is 0. The van der Waals surface area contributed by atoms with E-state index in [1.54, 1.807) is 0 Å². The molecule has 0 atom stereocenters. The molecule has 0 unspecified atom stereocenters. The lowest BCUT2D eigenvalue weighted by Gasteiger charge is -2.39. The van der Waals surface area contributed by atoms with E-state index in [1.807, 2.05) is 20.8 Å². The minimum absolute atomic E-state index is 0. The van der Waals surface area contributed by atoms with E-state index >= 15 is 0 Å². The molecule has 28 heavy (non-hydrogen) atoms. The van der Waals surface area contributed by atoms with Gasteiger partial charge in [-0.3, -0.25) is 9.79 Å². The van der Waals surface area contributed by atoms with Crippen molar-refractivity contribution < 1.29 is 4.79 Å². The van der Waals surface area contributed by atoms with Crippen molar-refractivity contribution in [2.24, 2.45) is 10.4 Å². The van der Waals surface area contributed by atoms with Gasteiger partial charge in [-0.1, -0.05) is 40.0 Å². The largest absolute Gasteiger partial charge is 0.357 e. The number of carbonyl (C=O) groups is 1. The van der Waals surface area contributed by atoms with Gasteiger partial charge >= 0.3 is 0 Å². The van der Waals surface area contributed by atoms with Crippen LogP contribution in [0.4, 0.5) is 0 Å². The van der Waals surface area contributed by atoms with Gasteiger partial charge in [-0.2, -0.15) is 0 Å². The molecule has 7 heteroatoms. The third-order valence-electron chi connectivity index (χ3n) is 5.65. The molecule has 1 saturated heterocycles. The second-order valence-electron chi connectivity index (χ2n) is 9.01. The molecular formula is C21H42IN5O. The maximum absolute atomic E-state index is 11.9. The Hall–Kier alpha value is -0.570. The van der Waals surface area contributed by atoms with Crippen molar-refractivity contribution in [3.05, 3.63) is 0 Å². The summed E-state index contributed by atoms with van der Waals surface area (Å²) in [6.45, 7) is 12.3. The van der Waals surface area contributed by atoms with Gasteiger partial charge in [0, 0.05) is 43.7 Å². The van der Waals surface area contributed by atoms with Crippen LogP contribution in [-0.4, -0.2) is 61.6 Å². The number of guanidine groups is 1. The second-order valence-corrected chi connectivity index (χ2v) is 9.01. The van der Waals surface area contributed by atoms with E-state index in [9.17, 15) is 4.79 Å². The van der Waals surface area contributed by atoms with Crippen molar-refractivity contribution >= 4 is 35.8 Å². The Balaban J connectivity index is 0.00000392. The fourth-order valence-electron chi connectivity index (χ4n) is 3.97. The summed E-state index contributed by atoms with van der Waals surface area (Å²) in [5.41, 5.74) is -0.348. The molecule has 164 valence electrons. The molecule has 1 heterocycles. The first kappa shape index (κ1) is 25.5. The predicted octanol–water partition coefficient (Wildman–Crippen LogP) is 3.12. The van der Waals surface area contributed by atoms with Crippen LogP contribution < -0.4 is 16.0 Å². The molecule has 0 aromatic rings. The maximum Gasteiger partial charge on any atom is 0.225 e. The molecule has 2 fully saturated rings. The van der Waals surface area contributed by atoms with Gasteiger partial charge in [0.1, 0.15) is 0 Å². The summed E-state index contributed by atoms with van der Waals surface area (Å²) in [4.78, 5) is 19.3. The smallest absolute Gasteiger partial charge is 0.225 e. The third-order valence-corrected chi connectivity index (χ3v) is 5.65. The Bertz CT molecular complexity index is 478. The Kier molecular flexibility index (Phi) is 11.7. The number of piperidine rings is 1. The molecule has 0 spiro atoms. The van der Waals surface area contributed by atoms with E-state index in [1.165, 1.54) is 58.0 Å². The summed E-state index contributed by atoms with van der Waals surface area (Å²) in [5.74, 6) is 0.948. The molecule has 1 aliphatic carbocycles. The van der Waals surface area contributed by atoms with Crippen molar-refractivity contribution in [1.82, 2.24) is 20.9 Å². The lowest BCUT2D eigenvalue weighted by molar-refractivity contribution is -0.128. The van der Waals surface area contributed by atoms with Crippen LogP contribution in [0, 0.1) is 5.41 Å². The highest BCUT2D eigenvalue weighted by atomic mass is 127. The Morgan fingerprint density at radius 2 is 1.68 bits per heavy atom. The van der Waals surface area contributed by atoms with Crippen LogP contribution in [0.25, 0.3) is 0 Å². The second kappa shape index (κ2) is 12.9. The van der Waals surface area contributed by atoms with Gasteiger partial charge in [0.25, 0.3) is 0 Å². The van der Waals surface area contributed by atoms with Crippen LogP contribution >= 0.6 is 24.0 Å². The van der Waals surface area contributed by atoms with E-state index < -0.39 is 0 Å². The molecule has 0 radical (unpaired) electrons. The SMILES string of the molecule is CCNC(=NCCNC(=O)C(C)(C)C)NC1CCN(C2CCCCC2)CC1.I. The summed E-state index contributed by atoms with van der Waals surface area (Å²) in [6.07, 6.45) is 9.39. The average molecular weight is 508 g/mol. The molecule has 0 bridgehead atoms. The zero-order valence-corrected chi connectivity index (χ0v) is 20.7. The van der Waals surface area contributed by atoms with Crippen LogP contribution in [-0.2, 0) is 4.79 Å². The number of carbonyl (C=O) groups excluding carboxylic acids is 1. The molecule has 0 aromatic heterocycles. The average Bonchev–Trinajstić information content (AvgIpc) is 2.65. The van der Waals surface area contributed by atoms with E-state index in [0.717, 1.165) is 18.5 Å². The van der Waals surface area contributed by atoms with Gasteiger partial charge < -0.3 is 20.9 Å². The van der Waals surface area contributed by atoms with Crippen LogP contribution in [0.3, 0.4) is 0 Å². The molecule has 2 aliphatic rings. The number of rotatable bonds is 6. The van der Waals surface area contributed by atoms with Crippen molar-refractivity contribution in [3.8, 4) is 0 Å². The number of nitrogens with zero attached hydrogens (tertiary/aromatic N) is 2. The van der Waals surface area contributed by atoms with Gasteiger partial charge in [-0.15, -0.1) is 24.0 Å². The van der Waals surface area contributed by atoms with E-state index in [4.69, 9.17) is 0 Å². The standard InChI is InChI=1S/C21H41N5O.HI/c1-5-22-20(24-14-13-23-19(27)21(2,3)4)25-17-11-15-26(16-12-17)18-9-7-6-8-10-18;/h17-18H,5-16H2,1-4H3,(H,23,27)(H2,22,24,25);1H. The highest BCUT2D eigenvalue weighted by Crippen LogP contribution is 2.25. The van der Waals surface area contributed by atoms with Crippen LogP contribution in [0.1, 0.15) is 72.6 Å². The number of amides is 1. The number of likely N-dealkylation sites (tertiary alicyclic amines) is 1. The first-order valence-electron chi connectivity index (χ1n) is 11.0. The number of hydrogen-bond donors (Lipinski definition) is 3. The van der Waals surface area contributed by atoms with Gasteiger partial charge in [-0.05, 0) is 32.6 Å². The summed E-state index contributed by atoms with van der Waals surface area (Å²) in [7, 11) is 0. The fraction of sp³-hybridized carbons (Fsp3) is 0.905. The van der Waals surface area contributed by atoms with Crippen LogP contribution in [0.2, 0.25) is 0 Å². The molecule has 1 amide bonds. The molecule has 1 aliphatic heterocycles. The molecule has 2 rings (SSSR count). The van der Waals surface area contributed by atoms with Crippen molar-refractivity contribution in [3.63, 3.8) is 0 Å². The number of nitrogens with one attached hydrogen (secondary N) is 3. The lowest BCUT2D eigenvalue weighted by Crippen LogP contribution is -2.51. The number of halogens is 1. The Morgan fingerprint density at radius 1 is 1.04 bits per heavy atom. The molecule has 3 N–H and O–H groups in total. The zero-order valence-electron chi connectivity index (χ0n) is 18.4. The molecule has 1 saturated carbocycles. The maximum atomic E-state index is 11.9. The molecule has 0 aromatic carbocycles. The van der Waals surface area contributed by atoms with Gasteiger partial charge in [0.2, 0.25) is 5.91 Å². The first-order valence-corrected chi connectivity index (χ1v) is 11.0. The van der Waals surface area contributed by atoms with Crippen molar-refractivity contribution in [2.45, 2.75) is 84.7 Å². The third kappa shape index (κ3) is 8.84. The van der Waals surface area contributed by atoms with Crippen LogP contribution in [0.5, 0.6) is 0 Å². The predicted molar refractivity (Wildman–Crippen MR) is 128 cm³/mol. The zero-order chi connectivity index (χ0) is 19.7. The minimum atomic E-state index is -0.348. The highest BCUT2D eigenvalue weighted by Gasteiger charge is 2.26. The van der Waals surface area contributed by atoms with Gasteiger partial charge in [-0.25, -0.2) is 0 Å². The van der Waals surface area contributed by atoms with Gasteiger partial charge in [0.05, 0.1) is 6.54 Å². The van der Waals surface area contributed by atoms with Crippen molar-refractivity contribution in [2.75, 3.05) is 32.7 Å². The number of hydrogen-bond acceptors (Lipinski definition) is 3. The quantitative estimate of drug-likeness (QED) is 0.224. The monoisotopic (exact) mass is 507 g/mol. The van der Waals surface area contributed by atoms with Gasteiger partial charge in [0.15, 0.2) is 5.96 Å². The minimum Gasteiger partial charge on any atom is -0.357 e. The van der Waals surface area contributed by atoms with E-state index in [0.29, 0.717) is 19.1 Å². The van der Waals surface area contributed by atoms with E-state index in [-0.39, 0.29) is 35.3 Å². The molecule has 6 nitrogen and oxygen atoms in total. The fourth-order valence-corrected chi connectivity index (χ4v) is 3.97. The number of aliphatic imine (C=N–C) groups is 1.